The van der Waals surface area contributed by atoms with Gasteiger partial charge in [0, 0.05) is 50.3 Å². The fraction of sp³-hybridized carbons (Fsp3) is 0.417. The molecule has 1 amide bonds. The van der Waals surface area contributed by atoms with Gasteiger partial charge in [-0.05, 0) is 30.5 Å². The van der Waals surface area contributed by atoms with Crippen LogP contribution < -0.4 is 4.74 Å². The van der Waals surface area contributed by atoms with E-state index in [9.17, 15) is 18.0 Å². The van der Waals surface area contributed by atoms with Crippen LogP contribution in [0.15, 0.2) is 53.7 Å². The molecule has 0 saturated carbocycles. The molecule has 3 aliphatic rings. The standard InChI is InChI=1S/C24H24F3N3O3/c1-14-7-8-17(25)21(32-23(26)27)19(14)22(31)30-11-9-24(10-12-30)16-13-29(2)28-20(16)15-5-3-4-6-18(15)33-24/h3-6,8,13-14,23H,7,9-12H2,1-2H3. The molecule has 5 rings (SSSR count). The Morgan fingerprint density at radius 1 is 1.27 bits per heavy atom. The number of benzene rings is 1. The lowest BCUT2D eigenvalue weighted by molar-refractivity contribution is -0.133. The highest BCUT2D eigenvalue weighted by Crippen LogP contribution is 2.49. The number of fused-ring (bicyclic) bond motifs is 4. The molecule has 174 valence electrons. The minimum absolute atomic E-state index is 0.0387. The highest BCUT2D eigenvalue weighted by atomic mass is 19.3. The van der Waals surface area contributed by atoms with Crippen LogP contribution in [-0.4, -0.2) is 40.3 Å². The van der Waals surface area contributed by atoms with Crippen LogP contribution in [0.2, 0.25) is 0 Å². The normalized spacial score (nSPS) is 21.5. The molecule has 1 fully saturated rings. The van der Waals surface area contributed by atoms with Crippen LogP contribution in [0.5, 0.6) is 5.75 Å². The van der Waals surface area contributed by atoms with E-state index in [2.05, 4.69) is 9.84 Å². The first-order chi connectivity index (χ1) is 15.8. The summed E-state index contributed by atoms with van der Waals surface area (Å²) in [5.74, 6) is -1.72. The Morgan fingerprint density at radius 2 is 2.00 bits per heavy atom. The molecule has 0 N–H and O–H groups in total. The fourth-order valence-corrected chi connectivity index (χ4v) is 5.01. The Bertz CT molecular complexity index is 1160. The Labute approximate surface area is 189 Å². The van der Waals surface area contributed by atoms with E-state index < -0.39 is 35.6 Å². The summed E-state index contributed by atoms with van der Waals surface area (Å²) in [6.45, 7) is -0.839. The number of nitrogens with zero attached hydrogens (tertiary/aromatic N) is 3. The smallest absolute Gasteiger partial charge is 0.387 e. The molecule has 1 atom stereocenters. The van der Waals surface area contributed by atoms with Gasteiger partial charge in [-0.1, -0.05) is 19.1 Å². The van der Waals surface area contributed by atoms with E-state index in [-0.39, 0.29) is 12.0 Å². The molecular formula is C24H24F3N3O3. The predicted molar refractivity (Wildman–Crippen MR) is 114 cm³/mol. The number of piperidine rings is 1. The number of amides is 1. The van der Waals surface area contributed by atoms with Crippen LogP contribution in [0.3, 0.4) is 0 Å². The van der Waals surface area contributed by atoms with Gasteiger partial charge < -0.3 is 14.4 Å². The molecule has 9 heteroatoms. The first-order valence-corrected chi connectivity index (χ1v) is 11.0. The van der Waals surface area contributed by atoms with E-state index in [1.165, 1.54) is 6.08 Å². The molecule has 2 aliphatic heterocycles. The van der Waals surface area contributed by atoms with Gasteiger partial charge in [-0.15, -0.1) is 0 Å². The van der Waals surface area contributed by atoms with E-state index in [0.717, 1.165) is 22.6 Å². The van der Waals surface area contributed by atoms with Crippen molar-refractivity contribution >= 4 is 5.91 Å². The van der Waals surface area contributed by atoms with Crippen LogP contribution in [0.4, 0.5) is 13.2 Å². The minimum Gasteiger partial charge on any atom is -0.482 e. The second-order valence-corrected chi connectivity index (χ2v) is 8.76. The topological polar surface area (TPSA) is 56.6 Å². The molecule has 1 aliphatic carbocycles. The van der Waals surface area contributed by atoms with Gasteiger partial charge in [0.05, 0.1) is 5.57 Å². The molecule has 0 radical (unpaired) electrons. The average molecular weight is 459 g/mol. The lowest BCUT2D eigenvalue weighted by atomic mass is 9.80. The van der Waals surface area contributed by atoms with Gasteiger partial charge >= 0.3 is 6.61 Å². The van der Waals surface area contributed by atoms with Gasteiger partial charge in [-0.2, -0.15) is 13.9 Å². The molecule has 1 aromatic heterocycles. The molecule has 1 unspecified atom stereocenters. The SMILES string of the molecule is CC1CC=C(F)C(OC(F)F)=C1C(=O)N1CCC2(CC1)Oc1ccccc1-c1nn(C)cc12. The number of para-hydroxylation sites is 1. The van der Waals surface area contributed by atoms with Crippen molar-refractivity contribution in [2.45, 2.75) is 38.4 Å². The van der Waals surface area contributed by atoms with Crippen LogP contribution >= 0.6 is 0 Å². The van der Waals surface area contributed by atoms with Crippen molar-refractivity contribution in [2.24, 2.45) is 13.0 Å². The van der Waals surface area contributed by atoms with Gasteiger partial charge in [0.25, 0.3) is 5.91 Å². The molecule has 1 saturated heterocycles. The minimum atomic E-state index is -3.21. The van der Waals surface area contributed by atoms with Gasteiger partial charge in [0.1, 0.15) is 17.0 Å². The molecule has 2 aromatic rings. The number of carbonyl (C=O) groups excluding carboxylic acids is 1. The number of aromatic nitrogens is 2. The highest BCUT2D eigenvalue weighted by molar-refractivity contribution is 5.95. The Kier molecular flexibility index (Phi) is 5.22. The van der Waals surface area contributed by atoms with E-state index in [1.54, 1.807) is 16.5 Å². The largest absolute Gasteiger partial charge is 0.482 e. The monoisotopic (exact) mass is 459 g/mol. The lowest BCUT2D eigenvalue weighted by Gasteiger charge is -2.44. The zero-order valence-corrected chi connectivity index (χ0v) is 18.4. The van der Waals surface area contributed by atoms with Crippen LogP contribution in [0.1, 0.15) is 31.7 Å². The number of halogens is 3. The zero-order valence-electron chi connectivity index (χ0n) is 18.4. The number of likely N-dealkylation sites (tertiary alicyclic amines) is 1. The molecular weight excluding hydrogens is 435 g/mol. The highest BCUT2D eigenvalue weighted by Gasteiger charge is 2.46. The van der Waals surface area contributed by atoms with E-state index in [1.807, 2.05) is 37.5 Å². The van der Waals surface area contributed by atoms with Crippen molar-refractivity contribution in [2.75, 3.05) is 13.1 Å². The molecule has 6 nitrogen and oxygen atoms in total. The number of hydrogen-bond donors (Lipinski definition) is 0. The molecule has 1 spiro atoms. The van der Waals surface area contributed by atoms with Crippen molar-refractivity contribution in [3.05, 3.63) is 59.3 Å². The number of carbonyl (C=O) groups is 1. The van der Waals surface area contributed by atoms with Gasteiger partial charge in [-0.25, -0.2) is 4.39 Å². The summed E-state index contributed by atoms with van der Waals surface area (Å²) < 4.78 is 52.8. The van der Waals surface area contributed by atoms with E-state index in [0.29, 0.717) is 25.9 Å². The summed E-state index contributed by atoms with van der Waals surface area (Å²) in [7, 11) is 1.86. The Morgan fingerprint density at radius 3 is 2.73 bits per heavy atom. The maximum Gasteiger partial charge on any atom is 0.387 e. The number of alkyl halides is 2. The van der Waals surface area contributed by atoms with Crippen molar-refractivity contribution in [1.82, 2.24) is 14.7 Å². The maximum atomic E-state index is 14.3. The average Bonchev–Trinajstić information content (AvgIpc) is 3.19. The predicted octanol–water partition coefficient (Wildman–Crippen LogP) is 4.68. The first kappa shape index (κ1) is 21.6. The summed E-state index contributed by atoms with van der Waals surface area (Å²) in [6, 6.07) is 7.72. The lowest BCUT2D eigenvalue weighted by Crippen LogP contribution is -2.49. The Hall–Kier alpha value is -3.23. The third-order valence-corrected chi connectivity index (χ3v) is 6.67. The quantitative estimate of drug-likeness (QED) is 0.669. The zero-order chi connectivity index (χ0) is 23.3. The third-order valence-electron chi connectivity index (χ3n) is 6.67. The summed E-state index contributed by atoms with van der Waals surface area (Å²) >= 11 is 0. The van der Waals surface area contributed by atoms with Gasteiger partial charge in [0.2, 0.25) is 0 Å². The maximum absolute atomic E-state index is 14.3. The number of aryl methyl sites for hydroxylation is 1. The number of hydrogen-bond acceptors (Lipinski definition) is 4. The van der Waals surface area contributed by atoms with Crippen LogP contribution in [0.25, 0.3) is 11.3 Å². The van der Waals surface area contributed by atoms with E-state index >= 15 is 0 Å². The number of allylic oxidation sites excluding steroid dienone is 2. The molecule has 3 heterocycles. The summed E-state index contributed by atoms with van der Waals surface area (Å²) in [4.78, 5) is 14.9. The molecule has 0 bridgehead atoms. The van der Waals surface area contributed by atoms with Crippen molar-refractivity contribution < 1.29 is 27.4 Å². The molecule has 33 heavy (non-hydrogen) atoms. The van der Waals surface area contributed by atoms with Crippen LogP contribution in [0, 0.1) is 5.92 Å². The second-order valence-electron chi connectivity index (χ2n) is 8.76. The summed E-state index contributed by atoms with van der Waals surface area (Å²) in [6.07, 6.45) is 4.37. The Balaban J connectivity index is 1.42. The number of ether oxygens (including phenoxy) is 2. The van der Waals surface area contributed by atoms with Gasteiger partial charge in [0.15, 0.2) is 11.6 Å². The third kappa shape index (κ3) is 3.59. The van der Waals surface area contributed by atoms with Gasteiger partial charge in [-0.3, -0.25) is 9.48 Å². The van der Waals surface area contributed by atoms with E-state index in [4.69, 9.17) is 4.74 Å². The van der Waals surface area contributed by atoms with Crippen molar-refractivity contribution in [1.29, 1.82) is 0 Å². The second kappa shape index (κ2) is 7.97. The molecule has 1 aromatic carbocycles. The van der Waals surface area contributed by atoms with Crippen molar-refractivity contribution in [3.8, 4) is 17.0 Å². The van der Waals surface area contributed by atoms with Crippen LogP contribution in [-0.2, 0) is 22.2 Å². The summed E-state index contributed by atoms with van der Waals surface area (Å²) in [5, 5.41) is 4.64. The number of rotatable bonds is 3. The summed E-state index contributed by atoms with van der Waals surface area (Å²) in [5.41, 5.74) is 2.08. The fourth-order valence-electron chi connectivity index (χ4n) is 5.01. The van der Waals surface area contributed by atoms with Crippen molar-refractivity contribution in [3.63, 3.8) is 0 Å². The first-order valence-electron chi connectivity index (χ1n) is 11.0.